The van der Waals surface area contributed by atoms with E-state index < -0.39 is 0 Å². The van der Waals surface area contributed by atoms with Gasteiger partial charge in [0.05, 0.1) is 6.61 Å². The van der Waals surface area contributed by atoms with Gasteiger partial charge < -0.3 is 4.74 Å². The van der Waals surface area contributed by atoms with Crippen LogP contribution in [-0.2, 0) is 0 Å². The molecule has 0 saturated carbocycles. The van der Waals surface area contributed by atoms with E-state index in [9.17, 15) is 0 Å². The Morgan fingerprint density at radius 1 is 1.50 bits per heavy atom. The van der Waals surface area contributed by atoms with Crippen LogP contribution in [-0.4, -0.2) is 6.61 Å². The van der Waals surface area contributed by atoms with Crippen LogP contribution < -0.4 is 4.74 Å². The molecule has 14 heavy (non-hydrogen) atoms. The van der Waals surface area contributed by atoms with E-state index in [4.69, 9.17) is 4.74 Å². The minimum absolute atomic E-state index is 0.695. The first-order chi connectivity index (χ1) is 6.69. The first-order valence-electron chi connectivity index (χ1n) is 4.88. The van der Waals surface area contributed by atoms with E-state index in [0.29, 0.717) is 6.61 Å². The summed E-state index contributed by atoms with van der Waals surface area (Å²) in [6.45, 7) is 10.6. The first kappa shape index (κ1) is 10.8. The van der Waals surface area contributed by atoms with E-state index in [2.05, 4.69) is 25.6 Å². The van der Waals surface area contributed by atoms with Gasteiger partial charge in [0.25, 0.3) is 0 Å². The fourth-order valence-electron chi connectivity index (χ4n) is 1.34. The summed E-state index contributed by atoms with van der Waals surface area (Å²) in [7, 11) is 0. The van der Waals surface area contributed by atoms with Crippen LogP contribution in [0.15, 0.2) is 30.9 Å². The van der Waals surface area contributed by atoms with Gasteiger partial charge in [-0.3, -0.25) is 0 Å². The maximum absolute atomic E-state index is 5.55. The second kappa shape index (κ2) is 4.85. The summed E-state index contributed by atoms with van der Waals surface area (Å²) in [5, 5.41) is 0. The van der Waals surface area contributed by atoms with Crippen LogP contribution in [0, 0.1) is 12.8 Å². The number of allylic oxidation sites excluding steroid dienone is 1. The second-order valence-electron chi connectivity index (χ2n) is 3.32. The first-order valence-corrected chi connectivity index (χ1v) is 4.88. The molecule has 75 valence electrons. The van der Waals surface area contributed by atoms with Crippen molar-refractivity contribution in [2.75, 3.05) is 6.61 Å². The van der Waals surface area contributed by atoms with Crippen LogP contribution in [0.5, 0.6) is 5.75 Å². The third kappa shape index (κ3) is 2.38. The van der Waals surface area contributed by atoms with E-state index in [1.54, 1.807) is 0 Å². The van der Waals surface area contributed by atoms with Gasteiger partial charge in [-0.2, -0.15) is 0 Å². The third-order valence-corrected chi connectivity index (χ3v) is 2.17. The van der Waals surface area contributed by atoms with Gasteiger partial charge in [0.1, 0.15) is 5.75 Å². The quantitative estimate of drug-likeness (QED) is 0.704. The maximum Gasteiger partial charge on any atom is 0.123 e. The molecular formula is C13H17O. The lowest BCUT2D eigenvalue weighted by Gasteiger charge is -2.13. The highest BCUT2D eigenvalue weighted by Crippen LogP contribution is 2.27. The highest BCUT2D eigenvalue weighted by atomic mass is 16.5. The summed E-state index contributed by atoms with van der Waals surface area (Å²) in [6, 6.07) is 6.20. The van der Waals surface area contributed by atoms with Gasteiger partial charge in [-0.05, 0) is 19.9 Å². The van der Waals surface area contributed by atoms with Crippen molar-refractivity contribution in [3.63, 3.8) is 0 Å². The van der Waals surface area contributed by atoms with Crippen LogP contribution in [0.1, 0.15) is 25.0 Å². The normalized spacial score (nSPS) is 10.3. The SMILES string of the molecule is C=C[C](C)c1cc(C)ccc1OCC. The van der Waals surface area contributed by atoms with Gasteiger partial charge in [-0.15, -0.1) is 6.58 Å². The van der Waals surface area contributed by atoms with Gasteiger partial charge >= 0.3 is 0 Å². The van der Waals surface area contributed by atoms with Crippen LogP contribution in [0.4, 0.5) is 0 Å². The Balaban J connectivity index is 3.08. The zero-order valence-corrected chi connectivity index (χ0v) is 9.13. The van der Waals surface area contributed by atoms with Crippen molar-refractivity contribution in [2.24, 2.45) is 0 Å². The molecule has 0 N–H and O–H groups in total. The summed E-state index contributed by atoms with van der Waals surface area (Å²) in [4.78, 5) is 0. The Bertz CT molecular complexity index is 315. The van der Waals surface area contributed by atoms with Crippen LogP contribution in [0.2, 0.25) is 0 Å². The molecule has 1 nitrogen and oxygen atoms in total. The smallest absolute Gasteiger partial charge is 0.123 e. The van der Waals surface area contributed by atoms with Crippen LogP contribution >= 0.6 is 0 Å². The van der Waals surface area contributed by atoms with Crippen molar-refractivity contribution >= 4 is 0 Å². The molecule has 0 bridgehead atoms. The Kier molecular flexibility index (Phi) is 3.75. The summed E-state index contributed by atoms with van der Waals surface area (Å²) in [6.07, 6.45) is 1.86. The molecule has 0 aliphatic heterocycles. The van der Waals surface area contributed by atoms with Crippen molar-refractivity contribution in [1.82, 2.24) is 0 Å². The summed E-state index contributed by atoms with van der Waals surface area (Å²) in [5.74, 6) is 2.09. The zero-order chi connectivity index (χ0) is 10.6. The Morgan fingerprint density at radius 2 is 2.21 bits per heavy atom. The number of rotatable bonds is 4. The molecule has 0 fully saturated rings. The van der Waals surface area contributed by atoms with Crippen molar-refractivity contribution in [1.29, 1.82) is 0 Å². The highest BCUT2D eigenvalue weighted by molar-refractivity contribution is 5.48. The predicted octanol–water partition coefficient (Wildman–Crippen LogP) is 3.52. The van der Waals surface area contributed by atoms with Crippen LogP contribution in [0.3, 0.4) is 0 Å². The van der Waals surface area contributed by atoms with Gasteiger partial charge in [0.15, 0.2) is 0 Å². The molecule has 1 aromatic rings. The van der Waals surface area contributed by atoms with E-state index in [1.807, 2.05) is 26.0 Å². The standard InChI is InChI=1S/C13H17O/c1-5-11(4)12-9-10(3)7-8-13(12)14-6-2/h5,7-9H,1,6H2,2-4H3. The lowest BCUT2D eigenvalue weighted by Crippen LogP contribution is -1.99. The van der Waals surface area contributed by atoms with Gasteiger partial charge in [-0.25, -0.2) is 0 Å². The molecule has 0 aromatic heterocycles. The zero-order valence-electron chi connectivity index (χ0n) is 9.13. The fraction of sp³-hybridized carbons (Fsp3) is 0.308. The fourth-order valence-corrected chi connectivity index (χ4v) is 1.34. The Labute approximate surface area is 86.4 Å². The van der Waals surface area contributed by atoms with E-state index >= 15 is 0 Å². The van der Waals surface area contributed by atoms with Crippen molar-refractivity contribution in [3.05, 3.63) is 47.9 Å². The molecule has 0 aliphatic rings. The topological polar surface area (TPSA) is 9.23 Å². The minimum Gasteiger partial charge on any atom is -0.494 e. The summed E-state index contributed by atoms with van der Waals surface area (Å²) >= 11 is 0. The van der Waals surface area contributed by atoms with E-state index in [0.717, 1.165) is 17.2 Å². The molecule has 0 amide bonds. The van der Waals surface area contributed by atoms with Gasteiger partial charge in [0, 0.05) is 11.5 Å². The Hall–Kier alpha value is -1.24. The molecule has 1 heteroatoms. The second-order valence-corrected chi connectivity index (χ2v) is 3.32. The molecule has 1 rings (SSSR count). The molecule has 0 atom stereocenters. The lowest BCUT2D eigenvalue weighted by atomic mass is 9.98. The van der Waals surface area contributed by atoms with Crippen molar-refractivity contribution in [2.45, 2.75) is 20.8 Å². The molecule has 0 unspecified atom stereocenters. The average Bonchev–Trinajstić information content (AvgIpc) is 2.20. The Morgan fingerprint density at radius 3 is 2.79 bits per heavy atom. The molecule has 1 radical (unpaired) electrons. The molecule has 0 aliphatic carbocycles. The highest BCUT2D eigenvalue weighted by Gasteiger charge is 2.09. The van der Waals surface area contributed by atoms with Crippen molar-refractivity contribution < 1.29 is 4.74 Å². The number of hydrogen-bond donors (Lipinski definition) is 0. The minimum atomic E-state index is 0.695. The maximum atomic E-state index is 5.55. The van der Waals surface area contributed by atoms with Crippen molar-refractivity contribution in [3.8, 4) is 5.75 Å². The molecule has 0 spiro atoms. The number of ether oxygens (including phenoxy) is 1. The van der Waals surface area contributed by atoms with Crippen LogP contribution in [0.25, 0.3) is 0 Å². The summed E-state index contributed by atoms with van der Waals surface area (Å²) in [5.41, 5.74) is 2.38. The largest absolute Gasteiger partial charge is 0.494 e. The summed E-state index contributed by atoms with van der Waals surface area (Å²) < 4.78 is 5.55. The molecule has 0 heterocycles. The third-order valence-electron chi connectivity index (χ3n) is 2.17. The molecular weight excluding hydrogens is 172 g/mol. The predicted molar refractivity (Wildman–Crippen MR) is 60.6 cm³/mol. The van der Waals surface area contributed by atoms with E-state index in [-0.39, 0.29) is 0 Å². The average molecular weight is 189 g/mol. The lowest BCUT2D eigenvalue weighted by molar-refractivity contribution is 0.338. The monoisotopic (exact) mass is 189 g/mol. The number of aryl methyl sites for hydroxylation is 1. The van der Waals surface area contributed by atoms with Gasteiger partial charge in [-0.1, -0.05) is 30.7 Å². The number of benzene rings is 1. The van der Waals surface area contributed by atoms with E-state index in [1.165, 1.54) is 5.56 Å². The number of hydrogen-bond acceptors (Lipinski definition) is 1. The molecule has 0 saturated heterocycles. The van der Waals surface area contributed by atoms with Gasteiger partial charge in [0.2, 0.25) is 0 Å². The molecule has 1 aromatic carbocycles.